The normalized spacial score (nSPS) is 18.8. The van der Waals surface area contributed by atoms with Gasteiger partial charge in [0.05, 0.1) is 15.1 Å². The van der Waals surface area contributed by atoms with E-state index in [-0.39, 0.29) is 24.2 Å². The van der Waals surface area contributed by atoms with Gasteiger partial charge in [-0.1, -0.05) is 31.4 Å². The predicted octanol–water partition coefficient (Wildman–Crippen LogP) is 5.63. The van der Waals surface area contributed by atoms with Crippen molar-refractivity contribution < 1.29 is 23.5 Å². The number of para-hydroxylation sites is 1. The molecule has 1 aliphatic carbocycles. The molecule has 190 valence electrons. The summed E-state index contributed by atoms with van der Waals surface area (Å²) in [6, 6.07) is 9.96. The predicted molar refractivity (Wildman–Crippen MR) is 148 cm³/mol. The Morgan fingerprint density at radius 1 is 1.25 bits per heavy atom. The molecule has 0 radical (unpaired) electrons. The molecular weight excluding hydrogens is 596 g/mol. The Morgan fingerprint density at radius 2 is 2.00 bits per heavy atom. The van der Waals surface area contributed by atoms with Crippen LogP contribution in [0.15, 0.2) is 46.3 Å². The van der Waals surface area contributed by atoms with Gasteiger partial charge in [-0.2, -0.15) is 0 Å². The van der Waals surface area contributed by atoms with Gasteiger partial charge in [0.1, 0.15) is 11.5 Å². The van der Waals surface area contributed by atoms with Crippen LogP contribution < -0.4 is 15.2 Å². The summed E-state index contributed by atoms with van der Waals surface area (Å²) in [5, 5.41) is 0.490. The Bertz CT molecular complexity index is 1210. The fourth-order valence-electron chi connectivity index (χ4n) is 4.24. The van der Waals surface area contributed by atoms with E-state index in [1.165, 1.54) is 17.8 Å². The second kappa shape index (κ2) is 12.1. The van der Waals surface area contributed by atoms with Gasteiger partial charge >= 0.3 is 0 Å². The summed E-state index contributed by atoms with van der Waals surface area (Å²) in [6.45, 7) is 1.97. The number of aliphatic imine (C=N–C) groups is 1. The molecule has 2 aliphatic rings. The number of ether oxygens (including phenoxy) is 2. The first kappa shape index (κ1) is 26.5. The minimum absolute atomic E-state index is 0.0406. The quantitative estimate of drug-likeness (QED) is 0.304. The van der Waals surface area contributed by atoms with E-state index < -0.39 is 11.7 Å². The molecule has 10 heteroatoms. The van der Waals surface area contributed by atoms with E-state index in [0.29, 0.717) is 31.7 Å². The van der Waals surface area contributed by atoms with Crippen LogP contribution >= 0.6 is 34.4 Å². The average molecular weight is 623 g/mol. The summed E-state index contributed by atoms with van der Waals surface area (Å²) >= 11 is 3.35. The van der Waals surface area contributed by atoms with Gasteiger partial charge in [0.25, 0.3) is 11.8 Å². The minimum atomic E-state index is -0.586. The van der Waals surface area contributed by atoms with E-state index in [0.717, 1.165) is 37.7 Å². The molecule has 1 heterocycles. The van der Waals surface area contributed by atoms with Gasteiger partial charge in [0.15, 0.2) is 23.3 Å². The molecule has 2 N–H and O–H groups in total. The van der Waals surface area contributed by atoms with E-state index in [9.17, 15) is 14.0 Å². The molecule has 36 heavy (non-hydrogen) atoms. The van der Waals surface area contributed by atoms with Crippen LogP contribution in [0.1, 0.15) is 44.6 Å². The van der Waals surface area contributed by atoms with E-state index in [4.69, 9.17) is 15.2 Å². The zero-order chi connectivity index (χ0) is 25.7. The Kier molecular flexibility index (Phi) is 8.89. The number of carbonyl (C=O) groups excluding carboxylic acids is 2. The highest BCUT2D eigenvalue weighted by atomic mass is 127. The van der Waals surface area contributed by atoms with Crippen LogP contribution in [0.2, 0.25) is 0 Å². The number of amidine groups is 1. The number of thioether (sulfide) groups is 1. The largest absolute Gasteiger partial charge is 0.490 e. The highest BCUT2D eigenvalue weighted by Crippen LogP contribution is 2.40. The molecule has 2 fully saturated rings. The molecule has 1 aliphatic heterocycles. The number of amides is 2. The lowest BCUT2D eigenvalue weighted by Crippen LogP contribution is -2.40. The van der Waals surface area contributed by atoms with E-state index >= 15 is 0 Å². The summed E-state index contributed by atoms with van der Waals surface area (Å²) in [4.78, 5) is 31.6. The number of carbonyl (C=O) groups is 2. The number of nitrogens with two attached hydrogens (primary N) is 1. The minimum Gasteiger partial charge on any atom is -0.490 e. The second-order valence-corrected chi connectivity index (χ2v) is 10.6. The lowest BCUT2D eigenvalue weighted by atomic mass is 9.94. The highest BCUT2D eigenvalue weighted by Gasteiger charge is 2.38. The van der Waals surface area contributed by atoms with Gasteiger partial charge in [-0.15, -0.1) is 0 Å². The summed E-state index contributed by atoms with van der Waals surface area (Å²) in [6.07, 6.45) is 6.83. The van der Waals surface area contributed by atoms with Gasteiger partial charge in [-0.05, 0) is 90.0 Å². The van der Waals surface area contributed by atoms with Crippen molar-refractivity contribution in [2.75, 3.05) is 13.2 Å². The molecule has 0 spiro atoms. The summed E-state index contributed by atoms with van der Waals surface area (Å²) in [5.74, 6) is -0.269. The lowest BCUT2D eigenvalue weighted by molar-refractivity contribution is -0.124. The molecule has 4 rings (SSSR count). The van der Waals surface area contributed by atoms with Gasteiger partial charge in [0, 0.05) is 6.04 Å². The number of halogens is 2. The Hall–Kier alpha value is -2.60. The van der Waals surface area contributed by atoms with Crippen LogP contribution in [-0.2, 0) is 9.59 Å². The third kappa shape index (κ3) is 6.20. The lowest BCUT2D eigenvalue weighted by Gasteiger charge is -2.30. The fourth-order valence-corrected chi connectivity index (χ4v) is 6.07. The van der Waals surface area contributed by atoms with Crippen LogP contribution in [0, 0.1) is 9.39 Å². The van der Waals surface area contributed by atoms with Crippen LogP contribution in [0.5, 0.6) is 11.5 Å². The van der Waals surface area contributed by atoms with Gasteiger partial charge < -0.3 is 15.2 Å². The van der Waals surface area contributed by atoms with Crippen molar-refractivity contribution in [1.29, 1.82) is 0 Å². The average Bonchev–Trinajstić information content (AvgIpc) is 3.15. The molecule has 0 bridgehead atoms. The molecule has 2 aromatic carbocycles. The third-order valence-corrected chi connectivity index (χ3v) is 7.62. The van der Waals surface area contributed by atoms with Crippen LogP contribution in [0.25, 0.3) is 6.08 Å². The zero-order valence-corrected chi connectivity index (χ0v) is 22.8. The molecule has 0 aromatic heterocycles. The number of rotatable bonds is 8. The van der Waals surface area contributed by atoms with E-state index in [1.807, 2.05) is 13.0 Å². The Balaban J connectivity index is 1.70. The maximum Gasteiger partial charge on any atom is 0.267 e. The molecule has 2 aromatic rings. The van der Waals surface area contributed by atoms with Gasteiger partial charge in [0.2, 0.25) is 0 Å². The molecular formula is C26H27FIN3O4S. The summed E-state index contributed by atoms with van der Waals surface area (Å²) < 4.78 is 26.4. The number of benzene rings is 2. The van der Waals surface area contributed by atoms with Crippen molar-refractivity contribution in [2.45, 2.75) is 45.1 Å². The van der Waals surface area contributed by atoms with Crippen molar-refractivity contribution in [2.24, 2.45) is 10.7 Å². The number of hydrogen-bond acceptors (Lipinski definition) is 6. The zero-order valence-electron chi connectivity index (χ0n) is 19.8. The number of primary amides is 1. The molecule has 1 saturated heterocycles. The maximum atomic E-state index is 14.4. The first-order valence-electron chi connectivity index (χ1n) is 11.8. The SMILES string of the molecule is CCOc1cc(/C=C2\SC(=Nc3ccccc3F)N(C3CCCCC3)C2=O)cc(I)c1OCC(N)=O. The van der Waals surface area contributed by atoms with Crippen molar-refractivity contribution in [3.05, 3.63) is 56.3 Å². The molecule has 0 unspecified atom stereocenters. The van der Waals surface area contributed by atoms with Gasteiger partial charge in [-0.3, -0.25) is 14.5 Å². The van der Waals surface area contributed by atoms with Crippen LogP contribution in [0.3, 0.4) is 0 Å². The Labute approximate surface area is 227 Å². The smallest absolute Gasteiger partial charge is 0.267 e. The first-order valence-corrected chi connectivity index (χ1v) is 13.7. The monoisotopic (exact) mass is 623 g/mol. The first-order chi connectivity index (χ1) is 17.4. The Morgan fingerprint density at radius 3 is 2.69 bits per heavy atom. The third-order valence-electron chi connectivity index (χ3n) is 5.83. The van der Waals surface area contributed by atoms with Crippen molar-refractivity contribution in [1.82, 2.24) is 4.90 Å². The van der Waals surface area contributed by atoms with Crippen molar-refractivity contribution >= 4 is 63.1 Å². The highest BCUT2D eigenvalue weighted by molar-refractivity contribution is 14.1. The molecule has 1 saturated carbocycles. The standard InChI is InChI=1S/C26H27FIN3O4S/c1-2-34-21-13-16(12-19(28)24(21)35-15-23(29)32)14-22-25(33)31(17-8-4-3-5-9-17)26(36-22)30-20-11-7-6-10-18(20)27/h6-7,10-14,17H,2-5,8-9,15H2,1H3,(H2,29,32)/b22-14-,30-26?. The molecule has 0 atom stereocenters. The number of hydrogen-bond donors (Lipinski definition) is 1. The number of nitrogens with zero attached hydrogens (tertiary/aromatic N) is 2. The summed E-state index contributed by atoms with van der Waals surface area (Å²) in [5.41, 5.74) is 6.17. The molecule has 2 amide bonds. The van der Waals surface area contributed by atoms with Crippen molar-refractivity contribution in [3.8, 4) is 11.5 Å². The van der Waals surface area contributed by atoms with Crippen molar-refractivity contribution in [3.63, 3.8) is 0 Å². The van der Waals surface area contributed by atoms with E-state index in [1.54, 1.807) is 35.2 Å². The van der Waals surface area contributed by atoms with Crippen LogP contribution in [0.4, 0.5) is 10.1 Å². The fraction of sp³-hybridized carbons (Fsp3) is 0.346. The van der Waals surface area contributed by atoms with Gasteiger partial charge in [-0.25, -0.2) is 9.38 Å². The second-order valence-electron chi connectivity index (χ2n) is 8.44. The topological polar surface area (TPSA) is 94.2 Å². The summed E-state index contributed by atoms with van der Waals surface area (Å²) in [7, 11) is 0. The molecule has 7 nitrogen and oxygen atoms in total. The van der Waals surface area contributed by atoms with E-state index in [2.05, 4.69) is 27.6 Å². The van der Waals surface area contributed by atoms with Crippen LogP contribution in [-0.4, -0.2) is 41.1 Å². The maximum absolute atomic E-state index is 14.4.